The zero-order valence-electron chi connectivity index (χ0n) is 11.3. The molecular weight excluding hydrogens is 326 g/mol. The Morgan fingerprint density at radius 3 is 3.05 bits per heavy atom. The Morgan fingerprint density at radius 1 is 1.47 bits per heavy atom. The lowest BCUT2D eigenvalue weighted by atomic mass is 10.1. The van der Waals surface area contributed by atoms with E-state index >= 15 is 0 Å². The highest BCUT2D eigenvalue weighted by molar-refractivity contribution is 9.09. The Labute approximate surface area is 126 Å². The lowest BCUT2D eigenvalue weighted by Crippen LogP contribution is -2.41. The van der Waals surface area contributed by atoms with Crippen LogP contribution in [0.2, 0.25) is 0 Å². The van der Waals surface area contributed by atoms with E-state index in [1.54, 1.807) is 0 Å². The number of alkyl halides is 1. The monoisotopic (exact) mass is 345 g/mol. The van der Waals surface area contributed by atoms with E-state index in [-0.39, 0.29) is 5.91 Å². The molecule has 1 amide bonds. The number of amides is 1. The van der Waals surface area contributed by atoms with Crippen molar-refractivity contribution in [1.82, 2.24) is 14.5 Å². The number of likely N-dealkylation sites (tertiary alicyclic amines) is 1. The van der Waals surface area contributed by atoms with Crippen LogP contribution in [-0.2, 0) is 6.42 Å². The minimum Gasteiger partial charge on any atom is -0.334 e. The number of rotatable bonds is 4. The molecule has 1 saturated heterocycles. The predicted octanol–water partition coefficient (Wildman–Crippen LogP) is 3.27. The molecule has 1 aliphatic heterocycles. The maximum atomic E-state index is 12.7. The van der Waals surface area contributed by atoms with E-state index in [0.29, 0.717) is 6.04 Å². The second-order valence-electron chi connectivity index (χ2n) is 4.95. The van der Waals surface area contributed by atoms with Crippen molar-refractivity contribution in [2.75, 3.05) is 11.9 Å². The van der Waals surface area contributed by atoms with Gasteiger partial charge in [0.05, 0.1) is 5.69 Å². The Bertz CT molecular complexity index is 424. The number of carbonyl (C=O) groups excluding carboxylic acids is 1. The van der Waals surface area contributed by atoms with Crippen molar-refractivity contribution >= 4 is 33.4 Å². The fourth-order valence-electron chi connectivity index (χ4n) is 2.51. The van der Waals surface area contributed by atoms with Crippen molar-refractivity contribution in [2.45, 2.75) is 51.5 Å². The average Bonchev–Trinajstić information content (AvgIpc) is 2.74. The molecular formula is C13H20BrN3OS. The summed E-state index contributed by atoms with van der Waals surface area (Å²) in [5, 5.41) is 4.96. The van der Waals surface area contributed by atoms with Crippen molar-refractivity contribution in [2.24, 2.45) is 0 Å². The first-order chi connectivity index (χ1) is 9.27. The largest absolute Gasteiger partial charge is 0.334 e. The molecule has 0 N–H and O–H groups in total. The molecule has 0 aliphatic carbocycles. The molecule has 6 heteroatoms. The second kappa shape index (κ2) is 7.33. The molecule has 1 aromatic rings. The van der Waals surface area contributed by atoms with Gasteiger partial charge in [-0.25, -0.2) is 0 Å². The van der Waals surface area contributed by atoms with Crippen molar-refractivity contribution < 1.29 is 4.79 Å². The topological polar surface area (TPSA) is 46.1 Å². The quantitative estimate of drug-likeness (QED) is 0.786. The van der Waals surface area contributed by atoms with Crippen molar-refractivity contribution in [3.05, 3.63) is 10.6 Å². The van der Waals surface area contributed by atoms with Gasteiger partial charge in [-0.3, -0.25) is 4.79 Å². The van der Waals surface area contributed by atoms with Crippen LogP contribution in [0.4, 0.5) is 0 Å². The van der Waals surface area contributed by atoms with Gasteiger partial charge in [-0.2, -0.15) is 0 Å². The van der Waals surface area contributed by atoms with Gasteiger partial charge >= 0.3 is 0 Å². The Hall–Kier alpha value is -0.490. The highest BCUT2D eigenvalue weighted by Crippen LogP contribution is 2.23. The number of aromatic nitrogens is 2. The van der Waals surface area contributed by atoms with E-state index in [4.69, 9.17) is 0 Å². The number of aryl methyl sites for hydroxylation is 1. The number of hydrogen-bond acceptors (Lipinski definition) is 4. The van der Waals surface area contributed by atoms with Gasteiger partial charge in [0.25, 0.3) is 5.91 Å². The number of halogens is 1. The molecule has 1 aliphatic rings. The Kier molecular flexibility index (Phi) is 5.76. The lowest BCUT2D eigenvalue weighted by molar-refractivity contribution is 0.0706. The summed E-state index contributed by atoms with van der Waals surface area (Å²) in [6.45, 7) is 2.96. The first kappa shape index (κ1) is 14.9. The Morgan fingerprint density at radius 2 is 2.32 bits per heavy atom. The van der Waals surface area contributed by atoms with Gasteiger partial charge in [-0.1, -0.05) is 46.6 Å². The molecule has 0 saturated carbocycles. The summed E-state index contributed by atoms with van der Waals surface area (Å²) in [4.78, 5) is 15.5. The van der Waals surface area contributed by atoms with Crippen molar-refractivity contribution in [3.8, 4) is 0 Å². The summed E-state index contributed by atoms with van der Waals surface area (Å²) in [5.41, 5.74) is 0.870. The van der Waals surface area contributed by atoms with Crippen LogP contribution in [0.5, 0.6) is 0 Å². The minimum atomic E-state index is 0.129. The predicted molar refractivity (Wildman–Crippen MR) is 81.0 cm³/mol. The standard InChI is InChI=1S/C13H20BrN3OS/c1-2-6-11-12(19-16-15-11)13(18)17-8-5-3-4-7-10(17)9-14/h10H,2-9H2,1H3. The molecule has 4 nitrogen and oxygen atoms in total. The van der Waals surface area contributed by atoms with Gasteiger partial charge in [-0.05, 0) is 30.8 Å². The van der Waals surface area contributed by atoms with Crippen LogP contribution in [0.1, 0.15) is 54.4 Å². The van der Waals surface area contributed by atoms with Crippen molar-refractivity contribution in [1.29, 1.82) is 0 Å². The summed E-state index contributed by atoms with van der Waals surface area (Å²) in [6, 6.07) is 0.312. The van der Waals surface area contributed by atoms with E-state index in [2.05, 4.69) is 32.4 Å². The first-order valence-electron chi connectivity index (χ1n) is 6.96. The number of nitrogens with zero attached hydrogens (tertiary/aromatic N) is 3. The second-order valence-corrected chi connectivity index (χ2v) is 6.36. The molecule has 1 atom stereocenters. The van der Waals surface area contributed by atoms with E-state index in [9.17, 15) is 4.79 Å². The average molecular weight is 346 g/mol. The first-order valence-corrected chi connectivity index (χ1v) is 8.85. The van der Waals surface area contributed by atoms with Gasteiger partial charge in [0, 0.05) is 17.9 Å². The molecule has 1 unspecified atom stereocenters. The highest BCUT2D eigenvalue weighted by atomic mass is 79.9. The summed E-state index contributed by atoms with van der Waals surface area (Å²) in [5.74, 6) is 0.129. The Balaban J connectivity index is 2.18. The third-order valence-corrected chi connectivity index (χ3v) is 5.06. The number of hydrogen-bond donors (Lipinski definition) is 0. The maximum Gasteiger partial charge on any atom is 0.267 e. The van der Waals surface area contributed by atoms with Crippen LogP contribution in [0.15, 0.2) is 0 Å². The summed E-state index contributed by atoms with van der Waals surface area (Å²) >= 11 is 4.79. The normalized spacial score (nSPS) is 20.3. The smallest absolute Gasteiger partial charge is 0.267 e. The number of carbonyl (C=O) groups is 1. The third-order valence-electron chi connectivity index (χ3n) is 3.55. The van der Waals surface area contributed by atoms with E-state index < -0.39 is 0 Å². The van der Waals surface area contributed by atoms with Crippen LogP contribution in [0, 0.1) is 0 Å². The van der Waals surface area contributed by atoms with Gasteiger partial charge in [0.2, 0.25) is 0 Å². The van der Waals surface area contributed by atoms with Crippen LogP contribution in [0.25, 0.3) is 0 Å². The molecule has 1 aromatic heterocycles. The van der Waals surface area contributed by atoms with E-state index in [1.807, 2.05) is 4.90 Å². The fourth-order valence-corrected chi connectivity index (χ4v) is 3.84. The maximum absolute atomic E-state index is 12.7. The fraction of sp³-hybridized carbons (Fsp3) is 0.769. The summed E-state index contributed by atoms with van der Waals surface area (Å²) in [7, 11) is 0. The van der Waals surface area contributed by atoms with Crippen LogP contribution in [-0.4, -0.2) is 38.3 Å². The van der Waals surface area contributed by atoms with E-state index in [1.165, 1.54) is 24.4 Å². The summed E-state index contributed by atoms with van der Waals surface area (Å²) < 4.78 is 3.96. The third kappa shape index (κ3) is 3.54. The SMILES string of the molecule is CCCc1nnsc1C(=O)N1CCCCCC1CBr. The van der Waals surface area contributed by atoms with Gasteiger partial charge in [-0.15, -0.1) is 5.10 Å². The molecule has 19 heavy (non-hydrogen) atoms. The molecule has 0 radical (unpaired) electrons. The zero-order chi connectivity index (χ0) is 13.7. The summed E-state index contributed by atoms with van der Waals surface area (Å²) in [6.07, 6.45) is 6.45. The van der Waals surface area contributed by atoms with E-state index in [0.717, 1.165) is 48.1 Å². The molecule has 0 aromatic carbocycles. The highest BCUT2D eigenvalue weighted by Gasteiger charge is 2.28. The molecule has 106 valence electrons. The minimum absolute atomic E-state index is 0.129. The van der Waals surface area contributed by atoms with Gasteiger partial charge < -0.3 is 4.90 Å². The molecule has 2 rings (SSSR count). The molecule has 0 bridgehead atoms. The van der Waals surface area contributed by atoms with Gasteiger partial charge in [0.15, 0.2) is 0 Å². The molecule has 0 spiro atoms. The van der Waals surface area contributed by atoms with Crippen LogP contribution in [0.3, 0.4) is 0 Å². The molecule has 2 heterocycles. The van der Waals surface area contributed by atoms with Crippen LogP contribution >= 0.6 is 27.5 Å². The van der Waals surface area contributed by atoms with Gasteiger partial charge in [0.1, 0.15) is 4.88 Å². The zero-order valence-corrected chi connectivity index (χ0v) is 13.7. The lowest BCUT2D eigenvalue weighted by Gasteiger charge is -2.28. The molecule has 1 fully saturated rings. The van der Waals surface area contributed by atoms with Crippen LogP contribution < -0.4 is 0 Å². The van der Waals surface area contributed by atoms with Crippen molar-refractivity contribution in [3.63, 3.8) is 0 Å².